The van der Waals surface area contributed by atoms with Crippen molar-refractivity contribution < 1.29 is 14.3 Å². The zero-order valence-corrected chi connectivity index (χ0v) is 19.8. The van der Waals surface area contributed by atoms with E-state index in [1.807, 2.05) is 36.1 Å². The smallest absolute Gasteiger partial charge is 0.242 e. The highest BCUT2D eigenvalue weighted by Gasteiger charge is 2.29. The van der Waals surface area contributed by atoms with Crippen molar-refractivity contribution in [3.8, 4) is 23.2 Å². The predicted octanol–water partition coefficient (Wildman–Crippen LogP) is 1.84. The lowest BCUT2D eigenvalue weighted by Gasteiger charge is -2.35. The third-order valence-corrected chi connectivity index (χ3v) is 6.81. The molecule has 180 valence electrons. The molecule has 35 heavy (non-hydrogen) atoms. The number of rotatable bonds is 5. The van der Waals surface area contributed by atoms with E-state index in [1.54, 1.807) is 17.6 Å². The van der Waals surface area contributed by atoms with Gasteiger partial charge in [-0.3, -0.25) is 9.59 Å². The van der Waals surface area contributed by atoms with E-state index >= 15 is 0 Å². The summed E-state index contributed by atoms with van der Waals surface area (Å²) in [5.74, 6) is 0.488. The van der Waals surface area contributed by atoms with E-state index in [0.29, 0.717) is 35.6 Å². The van der Waals surface area contributed by atoms with Crippen molar-refractivity contribution in [3.63, 3.8) is 0 Å². The maximum absolute atomic E-state index is 11.6. The summed E-state index contributed by atoms with van der Waals surface area (Å²) < 4.78 is 7.84. The molecule has 2 saturated heterocycles. The highest BCUT2D eigenvalue weighted by Crippen LogP contribution is 2.30. The third kappa shape index (κ3) is 4.49. The monoisotopic (exact) mass is 473 g/mol. The van der Waals surface area contributed by atoms with Crippen LogP contribution < -0.4 is 15.0 Å². The highest BCUT2D eigenvalue weighted by atomic mass is 16.5. The van der Waals surface area contributed by atoms with Crippen molar-refractivity contribution in [2.45, 2.75) is 26.4 Å². The average Bonchev–Trinajstić information content (AvgIpc) is 3.50. The SMILES string of the molecule is CC(=O)N1CCN(c2ccc(-c3cn4ncc(C#N)c4c(O[C@H](C)[C@H]4CNC(=O)C4)n3)cc2)CC1. The summed E-state index contributed by atoms with van der Waals surface area (Å²) in [6.45, 7) is 7.11. The number of anilines is 1. The lowest BCUT2D eigenvalue weighted by atomic mass is 10.0. The van der Waals surface area contributed by atoms with E-state index in [-0.39, 0.29) is 23.8 Å². The first kappa shape index (κ1) is 22.7. The molecule has 0 bridgehead atoms. The van der Waals surface area contributed by atoms with Gasteiger partial charge in [-0.05, 0) is 19.1 Å². The Morgan fingerprint density at radius 3 is 2.60 bits per heavy atom. The molecule has 5 rings (SSSR count). The second-order valence-corrected chi connectivity index (χ2v) is 9.03. The quantitative estimate of drug-likeness (QED) is 0.601. The predicted molar refractivity (Wildman–Crippen MR) is 129 cm³/mol. The first-order valence-electron chi connectivity index (χ1n) is 11.8. The molecule has 1 N–H and O–H groups in total. The van der Waals surface area contributed by atoms with Crippen LogP contribution in [0.5, 0.6) is 5.88 Å². The molecule has 2 aromatic heterocycles. The number of nitrogens with one attached hydrogen (secondary N) is 1. The first-order valence-corrected chi connectivity index (χ1v) is 11.8. The van der Waals surface area contributed by atoms with E-state index < -0.39 is 0 Å². The molecule has 0 unspecified atom stereocenters. The molecule has 2 fully saturated rings. The van der Waals surface area contributed by atoms with Crippen molar-refractivity contribution in [3.05, 3.63) is 42.2 Å². The maximum Gasteiger partial charge on any atom is 0.242 e. The number of ether oxygens (including phenoxy) is 1. The van der Waals surface area contributed by atoms with Gasteiger partial charge >= 0.3 is 0 Å². The number of fused-ring (bicyclic) bond motifs is 1. The van der Waals surface area contributed by atoms with Gasteiger partial charge in [0.05, 0.1) is 18.1 Å². The van der Waals surface area contributed by atoms with Gasteiger partial charge in [0.25, 0.3) is 0 Å². The lowest BCUT2D eigenvalue weighted by molar-refractivity contribution is -0.129. The van der Waals surface area contributed by atoms with Crippen LogP contribution in [0, 0.1) is 17.2 Å². The topological polar surface area (TPSA) is 116 Å². The molecule has 0 spiro atoms. The van der Waals surface area contributed by atoms with Crippen LogP contribution in [0.3, 0.4) is 0 Å². The number of nitrogens with zero attached hydrogens (tertiary/aromatic N) is 6. The highest BCUT2D eigenvalue weighted by molar-refractivity contribution is 5.78. The normalized spacial score (nSPS) is 18.9. The summed E-state index contributed by atoms with van der Waals surface area (Å²) >= 11 is 0. The van der Waals surface area contributed by atoms with Crippen LogP contribution in [0.4, 0.5) is 5.69 Å². The number of benzene rings is 1. The molecule has 4 heterocycles. The van der Waals surface area contributed by atoms with Crippen LogP contribution in [-0.4, -0.2) is 70.1 Å². The fourth-order valence-corrected chi connectivity index (χ4v) is 4.64. The van der Waals surface area contributed by atoms with Gasteiger partial charge in [-0.2, -0.15) is 10.4 Å². The molecule has 3 aromatic rings. The molecule has 0 aliphatic carbocycles. The maximum atomic E-state index is 11.6. The molecule has 0 saturated carbocycles. The Hall–Kier alpha value is -4.13. The minimum absolute atomic E-state index is 0.0159. The number of hydrogen-bond acceptors (Lipinski definition) is 7. The number of carbonyl (C=O) groups is 2. The third-order valence-electron chi connectivity index (χ3n) is 6.81. The fraction of sp³-hybridized carbons (Fsp3) is 0.400. The van der Waals surface area contributed by atoms with Crippen molar-refractivity contribution in [1.29, 1.82) is 5.26 Å². The van der Waals surface area contributed by atoms with Crippen LogP contribution >= 0.6 is 0 Å². The molecule has 0 radical (unpaired) electrons. The molecule has 2 aliphatic heterocycles. The van der Waals surface area contributed by atoms with Crippen LogP contribution in [0.1, 0.15) is 25.8 Å². The van der Waals surface area contributed by atoms with Crippen molar-refractivity contribution in [1.82, 2.24) is 24.8 Å². The van der Waals surface area contributed by atoms with Crippen LogP contribution in [0.25, 0.3) is 16.8 Å². The second kappa shape index (κ2) is 9.25. The summed E-state index contributed by atoms with van der Waals surface area (Å²) in [4.78, 5) is 32.1. The zero-order chi connectivity index (χ0) is 24.5. The number of nitriles is 1. The van der Waals surface area contributed by atoms with Crippen molar-refractivity contribution in [2.24, 2.45) is 5.92 Å². The molecule has 2 atom stereocenters. The van der Waals surface area contributed by atoms with Gasteiger partial charge < -0.3 is 19.9 Å². The average molecular weight is 474 g/mol. The number of piperazine rings is 1. The minimum atomic E-state index is -0.266. The number of carbonyl (C=O) groups excluding carboxylic acids is 2. The van der Waals surface area contributed by atoms with E-state index in [4.69, 9.17) is 9.72 Å². The van der Waals surface area contributed by atoms with E-state index in [1.165, 1.54) is 6.20 Å². The van der Waals surface area contributed by atoms with Crippen LogP contribution in [0.15, 0.2) is 36.7 Å². The molecular weight excluding hydrogens is 446 g/mol. The Bertz CT molecular complexity index is 1300. The van der Waals surface area contributed by atoms with E-state index in [2.05, 4.69) is 21.4 Å². The summed E-state index contributed by atoms with van der Waals surface area (Å²) in [6.07, 6.45) is 3.43. The van der Waals surface area contributed by atoms with Gasteiger partial charge in [0.2, 0.25) is 17.7 Å². The standard InChI is InChI=1S/C25H27N7O3/c1-16(19-11-23(34)27-13-19)35-25-24-20(12-26)14-28-32(24)15-22(29-25)18-3-5-21(6-4-18)31-9-7-30(8-10-31)17(2)33/h3-6,14-16,19H,7-11,13H2,1-2H3,(H,27,34)/t16-,19-/m1/s1. The second-order valence-electron chi connectivity index (χ2n) is 9.03. The lowest BCUT2D eigenvalue weighted by Crippen LogP contribution is -2.48. The Labute approximate surface area is 203 Å². The Balaban J connectivity index is 1.41. The van der Waals surface area contributed by atoms with Gasteiger partial charge in [0.15, 0.2) is 0 Å². The van der Waals surface area contributed by atoms with E-state index in [0.717, 1.165) is 37.4 Å². The number of aromatic nitrogens is 3. The van der Waals surface area contributed by atoms with E-state index in [9.17, 15) is 14.9 Å². The largest absolute Gasteiger partial charge is 0.473 e. The van der Waals surface area contributed by atoms with Crippen LogP contribution in [-0.2, 0) is 9.59 Å². The Morgan fingerprint density at radius 2 is 1.97 bits per heavy atom. The zero-order valence-electron chi connectivity index (χ0n) is 19.8. The van der Waals surface area contributed by atoms with Gasteiger partial charge in [-0.15, -0.1) is 0 Å². The van der Waals surface area contributed by atoms with Gasteiger partial charge in [-0.1, -0.05) is 12.1 Å². The minimum Gasteiger partial charge on any atom is -0.473 e. The van der Waals surface area contributed by atoms with Gasteiger partial charge in [0, 0.05) is 63.2 Å². The molecule has 2 aliphatic rings. The Kier molecular flexibility index (Phi) is 5.99. The Morgan fingerprint density at radius 1 is 1.23 bits per heavy atom. The molecular formula is C25H27N7O3. The summed E-state index contributed by atoms with van der Waals surface area (Å²) in [6, 6.07) is 10.3. The van der Waals surface area contributed by atoms with Gasteiger partial charge in [-0.25, -0.2) is 9.50 Å². The van der Waals surface area contributed by atoms with Gasteiger partial charge in [0.1, 0.15) is 23.3 Å². The molecule has 10 heteroatoms. The number of hydrogen-bond donors (Lipinski definition) is 1. The molecule has 10 nitrogen and oxygen atoms in total. The molecule has 2 amide bonds. The summed E-state index contributed by atoms with van der Waals surface area (Å²) in [5.41, 5.74) is 3.54. The fourth-order valence-electron chi connectivity index (χ4n) is 4.64. The van der Waals surface area contributed by atoms with Crippen molar-refractivity contribution >= 4 is 23.0 Å². The number of amides is 2. The summed E-state index contributed by atoms with van der Waals surface area (Å²) in [7, 11) is 0. The first-order chi connectivity index (χ1) is 16.9. The van der Waals surface area contributed by atoms with Crippen molar-refractivity contribution in [2.75, 3.05) is 37.6 Å². The molecule has 1 aromatic carbocycles. The summed E-state index contributed by atoms with van der Waals surface area (Å²) in [5, 5.41) is 16.7. The van der Waals surface area contributed by atoms with Crippen LogP contribution in [0.2, 0.25) is 0 Å².